The lowest BCUT2D eigenvalue weighted by atomic mass is 9.67. The molecule has 0 spiro atoms. The van der Waals surface area contributed by atoms with Crippen molar-refractivity contribution in [3.63, 3.8) is 0 Å². The molecule has 186 valence electrons. The van der Waals surface area contributed by atoms with Crippen molar-refractivity contribution in [1.82, 2.24) is 4.90 Å². The molecule has 2 unspecified atom stereocenters. The first-order valence-corrected chi connectivity index (χ1v) is 12.4. The zero-order valence-electron chi connectivity index (χ0n) is 20.3. The first-order valence-electron chi connectivity index (χ1n) is 12.4. The van der Waals surface area contributed by atoms with Crippen LogP contribution in [0.15, 0.2) is 24.3 Å². The van der Waals surface area contributed by atoms with Gasteiger partial charge in [-0.05, 0) is 68.9 Å². The maximum absolute atomic E-state index is 15.3. The second-order valence-electron chi connectivity index (χ2n) is 10.8. The summed E-state index contributed by atoms with van der Waals surface area (Å²) < 4.78 is 35.8. The summed E-state index contributed by atoms with van der Waals surface area (Å²) in [4.78, 5) is 25.8. The van der Waals surface area contributed by atoms with Crippen LogP contribution in [-0.4, -0.2) is 46.7 Å². The second-order valence-corrected chi connectivity index (χ2v) is 10.8. The lowest BCUT2D eigenvalue weighted by Gasteiger charge is -2.40. The molecule has 5 atom stereocenters. The number of alkyl halides is 1. The molecule has 1 N–H and O–H groups in total. The lowest BCUT2D eigenvalue weighted by Crippen LogP contribution is -2.45. The van der Waals surface area contributed by atoms with E-state index in [-0.39, 0.29) is 23.3 Å². The summed E-state index contributed by atoms with van der Waals surface area (Å²) in [5.41, 5.74) is 1.73. The number of rotatable bonds is 7. The topological polar surface area (TPSA) is 66.8 Å². The summed E-state index contributed by atoms with van der Waals surface area (Å²) >= 11 is 0. The van der Waals surface area contributed by atoms with Crippen LogP contribution in [0.3, 0.4) is 0 Å². The predicted molar refractivity (Wildman–Crippen MR) is 125 cm³/mol. The van der Waals surface area contributed by atoms with Crippen molar-refractivity contribution in [2.24, 2.45) is 11.3 Å². The number of carbonyl (C=O) groups excluding carboxylic acids is 1. The van der Waals surface area contributed by atoms with Crippen molar-refractivity contribution in [1.29, 1.82) is 0 Å². The van der Waals surface area contributed by atoms with Gasteiger partial charge in [-0.3, -0.25) is 4.79 Å². The Bertz CT molecular complexity index is 991. The van der Waals surface area contributed by atoms with E-state index >= 15 is 4.39 Å². The number of nitrogens with zero attached hydrogens (tertiary/aromatic N) is 1. The van der Waals surface area contributed by atoms with Gasteiger partial charge in [0.15, 0.2) is 0 Å². The molecule has 34 heavy (non-hydrogen) atoms. The Kier molecular flexibility index (Phi) is 6.76. The molecule has 1 saturated heterocycles. The number of aliphatic carboxylic acids is 1. The zero-order valence-corrected chi connectivity index (χ0v) is 20.3. The first kappa shape index (κ1) is 24.7. The summed E-state index contributed by atoms with van der Waals surface area (Å²) in [5.74, 6) is -1.69. The number of hydrogen-bond acceptors (Lipinski definition) is 3. The van der Waals surface area contributed by atoms with Gasteiger partial charge in [-0.2, -0.15) is 0 Å². The summed E-state index contributed by atoms with van der Waals surface area (Å²) in [7, 11) is 0. The number of benzene rings is 1. The van der Waals surface area contributed by atoms with Crippen LogP contribution in [0.4, 0.5) is 8.78 Å². The molecule has 2 aliphatic carbocycles. The largest absolute Gasteiger partial charge is 0.493 e. The number of halogens is 2. The SMILES string of the molecule is C=C1CC(C)CC(CC)(COc2cc(F)c(C(=O)N3[C@H](C(=O)O)C[C@@H](F)[C@@H]3C)cc2C2CC2)C1. The van der Waals surface area contributed by atoms with Crippen LogP contribution in [0.1, 0.15) is 87.6 Å². The minimum absolute atomic E-state index is 0.0453. The lowest BCUT2D eigenvalue weighted by molar-refractivity contribution is -0.141. The van der Waals surface area contributed by atoms with E-state index in [1.54, 1.807) is 0 Å². The summed E-state index contributed by atoms with van der Waals surface area (Å²) in [6.07, 6.45) is 3.96. The standard InChI is InChI=1S/C27H35F2NO4/c1-5-27(12-15(2)8-16(3)13-27)14-34-24-11-22(29)20(9-19(24)18-6-7-18)25(31)30-17(4)21(28)10-23(30)26(32)33/h9,11,16-18,21,23H,2,5-8,10,12-14H2,1,3-4H3,(H,32,33)/t16?,17-,21+,23-,27?/m0/s1. The summed E-state index contributed by atoms with van der Waals surface area (Å²) in [6.45, 7) is 10.5. The van der Waals surface area contributed by atoms with Crippen LogP contribution in [0.25, 0.3) is 0 Å². The highest BCUT2D eigenvalue weighted by Crippen LogP contribution is 2.48. The van der Waals surface area contributed by atoms with Gasteiger partial charge in [0.05, 0.1) is 18.2 Å². The Balaban J connectivity index is 1.61. The fourth-order valence-corrected chi connectivity index (χ4v) is 5.93. The Morgan fingerprint density at radius 1 is 1.29 bits per heavy atom. The Labute approximate surface area is 200 Å². The number of carboxylic acid groups (broad SMARTS) is 1. The van der Waals surface area contributed by atoms with Crippen molar-refractivity contribution < 1.29 is 28.2 Å². The monoisotopic (exact) mass is 475 g/mol. The molecule has 4 rings (SSSR count). The van der Waals surface area contributed by atoms with Crippen LogP contribution in [0.2, 0.25) is 0 Å². The quantitative estimate of drug-likeness (QED) is 0.500. The molecular formula is C27H35F2NO4. The van der Waals surface area contributed by atoms with E-state index in [0.717, 1.165) is 49.0 Å². The molecule has 2 saturated carbocycles. The first-order chi connectivity index (χ1) is 16.0. The molecule has 1 heterocycles. The summed E-state index contributed by atoms with van der Waals surface area (Å²) in [6, 6.07) is 0.527. The van der Waals surface area contributed by atoms with Gasteiger partial charge in [0.2, 0.25) is 0 Å². The van der Waals surface area contributed by atoms with E-state index in [1.807, 2.05) is 0 Å². The van der Waals surface area contributed by atoms with Crippen LogP contribution < -0.4 is 4.74 Å². The third kappa shape index (κ3) is 4.71. The summed E-state index contributed by atoms with van der Waals surface area (Å²) in [5, 5.41) is 9.48. The highest BCUT2D eigenvalue weighted by atomic mass is 19.1. The molecule has 0 bridgehead atoms. The fraction of sp³-hybridized carbons (Fsp3) is 0.630. The zero-order chi connectivity index (χ0) is 24.8. The van der Waals surface area contributed by atoms with Gasteiger partial charge in [0, 0.05) is 17.9 Å². The molecule has 3 aliphatic rings. The molecule has 7 heteroatoms. The van der Waals surface area contributed by atoms with Crippen LogP contribution in [0, 0.1) is 17.2 Å². The number of amides is 1. The molecule has 1 amide bonds. The van der Waals surface area contributed by atoms with Gasteiger partial charge in [0.25, 0.3) is 5.91 Å². The van der Waals surface area contributed by atoms with E-state index in [1.165, 1.54) is 24.6 Å². The average Bonchev–Trinajstić information content (AvgIpc) is 3.56. The van der Waals surface area contributed by atoms with Crippen molar-refractivity contribution in [2.75, 3.05) is 6.61 Å². The van der Waals surface area contributed by atoms with Gasteiger partial charge in [-0.15, -0.1) is 0 Å². The molecule has 1 aromatic rings. The number of likely N-dealkylation sites (tertiary alicyclic amines) is 1. The minimum Gasteiger partial charge on any atom is -0.493 e. The normalized spacial score (nSPS) is 31.6. The van der Waals surface area contributed by atoms with E-state index in [4.69, 9.17) is 4.74 Å². The van der Waals surface area contributed by atoms with Gasteiger partial charge in [-0.1, -0.05) is 26.0 Å². The number of ether oxygens (including phenoxy) is 1. The van der Waals surface area contributed by atoms with Crippen LogP contribution in [0.5, 0.6) is 5.75 Å². The van der Waals surface area contributed by atoms with Crippen molar-refractivity contribution in [3.8, 4) is 5.75 Å². The molecule has 1 aliphatic heterocycles. The molecule has 3 fully saturated rings. The molecule has 1 aromatic carbocycles. The molecule has 5 nitrogen and oxygen atoms in total. The smallest absolute Gasteiger partial charge is 0.326 e. The third-order valence-electron chi connectivity index (χ3n) is 7.94. The Morgan fingerprint density at radius 2 is 2.00 bits per heavy atom. The molecule has 0 radical (unpaired) electrons. The maximum Gasteiger partial charge on any atom is 0.326 e. The number of hydrogen-bond donors (Lipinski definition) is 1. The van der Waals surface area contributed by atoms with Gasteiger partial charge < -0.3 is 14.7 Å². The van der Waals surface area contributed by atoms with E-state index in [9.17, 15) is 19.1 Å². The fourth-order valence-electron chi connectivity index (χ4n) is 5.93. The molecular weight excluding hydrogens is 440 g/mol. The number of carboxylic acids is 1. The third-order valence-corrected chi connectivity index (χ3v) is 7.94. The van der Waals surface area contributed by atoms with Gasteiger partial charge in [0.1, 0.15) is 23.8 Å². The van der Waals surface area contributed by atoms with Crippen LogP contribution in [-0.2, 0) is 4.79 Å². The van der Waals surface area contributed by atoms with E-state index < -0.39 is 35.9 Å². The number of allylic oxidation sites excluding steroid dienone is 1. The van der Waals surface area contributed by atoms with E-state index in [2.05, 4.69) is 20.4 Å². The Morgan fingerprint density at radius 3 is 2.59 bits per heavy atom. The average molecular weight is 476 g/mol. The maximum atomic E-state index is 15.3. The van der Waals surface area contributed by atoms with Crippen molar-refractivity contribution >= 4 is 11.9 Å². The van der Waals surface area contributed by atoms with Gasteiger partial charge >= 0.3 is 5.97 Å². The highest BCUT2D eigenvalue weighted by Gasteiger charge is 2.46. The highest BCUT2D eigenvalue weighted by molar-refractivity contribution is 5.98. The molecule has 0 aromatic heterocycles. The van der Waals surface area contributed by atoms with Crippen molar-refractivity contribution in [2.45, 2.75) is 89.9 Å². The predicted octanol–water partition coefficient (Wildman–Crippen LogP) is 5.88. The van der Waals surface area contributed by atoms with Crippen LogP contribution >= 0.6 is 0 Å². The van der Waals surface area contributed by atoms with Gasteiger partial charge in [-0.25, -0.2) is 13.6 Å². The minimum atomic E-state index is -1.46. The number of carbonyl (C=O) groups is 2. The Hall–Kier alpha value is -2.44. The van der Waals surface area contributed by atoms with Crippen molar-refractivity contribution in [3.05, 3.63) is 41.2 Å². The second kappa shape index (κ2) is 9.31. The van der Waals surface area contributed by atoms with E-state index in [0.29, 0.717) is 18.3 Å².